The number of nitrogens with zero attached hydrogens (tertiary/aromatic N) is 1. The van der Waals surface area contributed by atoms with Gasteiger partial charge in [0.05, 0.1) is 0 Å². The van der Waals surface area contributed by atoms with Gasteiger partial charge >= 0.3 is 0 Å². The van der Waals surface area contributed by atoms with E-state index in [0.29, 0.717) is 6.54 Å². The van der Waals surface area contributed by atoms with E-state index in [1.165, 1.54) is 5.56 Å². The second kappa shape index (κ2) is 5.64. The molecule has 0 aliphatic rings. The van der Waals surface area contributed by atoms with Gasteiger partial charge in [0.1, 0.15) is 0 Å². The van der Waals surface area contributed by atoms with Crippen LogP contribution in [-0.2, 0) is 11.3 Å². The number of hydrogen-bond acceptors (Lipinski definition) is 1. The second-order valence-electron chi connectivity index (χ2n) is 4.28. The summed E-state index contributed by atoms with van der Waals surface area (Å²) in [4.78, 5) is 11.7. The molecule has 16 heavy (non-hydrogen) atoms. The molecule has 0 spiro atoms. The molecule has 1 rings (SSSR count). The molecule has 3 heteroatoms. The van der Waals surface area contributed by atoms with E-state index < -0.39 is 0 Å². The maximum absolute atomic E-state index is 11.7. The van der Waals surface area contributed by atoms with Crippen LogP contribution in [0.25, 0.3) is 0 Å². The molecule has 0 bridgehead atoms. The highest BCUT2D eigenvalue weighted by atomic mass is 16.2. The molecule has 0 aliphatic heterocycles. The summed E-state index contributed by atoms with van der Waals surface area (Å²) in [7, 11) is 0. The quantitative estimate of drug-likeness (QED) is 0.768. The van der Waals surface area contributed by atoms with E-state index in [0.717, 1.165) is 12.1 Å². The molecule has 0 aliphatic carbocycles. The average Bonchev–Trinajstić information content (AvgIpc) is 2.24. The molecule has 1 aromatic heterocycles. The fourth-order valence-electron chi connectivity index (χ4n) is 1.50. The van der Waals surface area contributed by atoms with Crippen LogP contribution in [0.5, 0.6) is 0 Å². The van der Waals surface area contributed by atoms with Crippen molar-refractivity contribution in [3.63, 3.8) is 0 Å². The number of aryl methyl sites for hydroxylation is 1. The third-order valence-corrected chi connectivity index (χ3v) is 2.95. The first-order valence-corrected chi connectivity index (χ1v) is 5.79. The molecule has 0 saturated carbocycles. The van der Waals surface area contributed by atoms with Gasteiger partial charge in [-0.15, -0.1) is 0 Å². The Labute approximate surface area is 97.5 Å². The van der Waals surface area contributed by atoms with Gasteiger partial charge in [0, 0.05) is 24.6 Å². The SMILES string of the molecule is CC[C@H](C)NC(=O)C[n+]1cccc(C)c1C. The van der Waals surface area contributed by atoms with E-state index in [9.17, 15) is 4.79 Å². The summed E-state index contributed by atoms with van der Waals surface area (Å²) in [5, 5.41) is 2.96. The van der Waals surface area contributed by atoms with Crippen molar-refractivity contribution < 1.29 is 9.36 Å². The molecule has 88 valence electrons. The third kappa shape index (κ3) is 3.33. The van der Waals surface area contributed by atoms with Crippen molar-refractivity contribution in [3.05, 3.63) is 29.6 Å². The van der Waals surface area contributed by atoms with E-state index in [1.807, 2.05) is 30.7 Å². The lowest BCUT2D eigenvalue weighted by atomic mass is 10.2. The topological polar surface area (TPSA) is 33.0 Å². The van der Waals surface area contributed by atoms with Gasteiger partial charge in [-0.1, -0.05) is 6.92 Å². The molecule has 0 saturated heterocycles. The maximum atomic E-state index is 11.7. The lowest BCUT2D eigenvalue weighted by Gasteiger charge is -2.10. The van der Waals surface area contributed by atoms with E-state index in [1.54, 1.807) is 0 Å². The molecule has 1 aromatic rings. The first kappa shape index (κ1) is 12.7. The number of carbonyl (C=O) groups is 1. The Balaban J connectivity index is 2.66. The van der Waals surface area contributed by atoms with Crippen LogP contribution in [0.2, 0.25) is 0 Å². The number of nitrogens with one attached hydrogen (secondary N) is 1. The molecule has 1 amide bonds. The lowest BCUT2D eigenvalue weighted by Crippen LogP contribution is -2.47. The van der Waals surface area contributed by atoms with Crippen molar-refractivity contribution in [1.29, 1.82) is 0 Å². The summed E-state index contributed by atoms with van der Waals surface area (Å²) in [6.07, 6.45) is 2.90. The van der Waals surface area contributed by atoms with Crippen molar-refractivity contribution in [2.24, 2.45) is 0 Å². The van der Waals surface area contributed by atoms with E-state index >= 15 is 0 Å². The Hall–Kier alpha value is -1.38. The highest BCUT2D eigenvalue weighted by Gasteiger charge is 2.14. The molecule has 1 heterocycles. The molecule has 3 nitrogen and oxygen atoms in total. The molecular formula is C13H21N2O+. The van der Waals surface area contributed by atoms with Crippen molar-refractivity contribution >= 4 is 5.91 Å². The second-order valence-corrected chi connectivity index (χ2v) is 4.28. The molecule has 0 radical (unpaired) electrons. The molecular weight excluding hydrogens is 200 g/mol. The maximum Gasteiger partial charge on any atom is 0.286 e. The first-order chi connectivity index (χ1) is 7.54. The fourth-order valence-corrected chi connectivity index (χ4v) is 1.50. The van der Waals surface area contributed by atoms with E-state index in [4.69, 9.17) is 0 Å². The van der Waals surface area contributed by atoms with Crippen LogP contribution in [0, 0.1) is 13.8 Å². The minimum absolute atomic E-state index is 0.0769. The van der Waals surface area contributed by atoms with Crippen LogP contribution < -0.4 is 9.88 Å². The van der Waals surface area contributed by atoms with Gasteiger partial charge in [-0.2, -0.15) is 4.57 Å². The van der Waals surface area contributed by atoms with Crippen molar-refractivity contribution in [2.75, 3.05) is 0 Å². The highest BCUT2D eigenvalue weighted by molar-refractivity contribution is 5.74. The van der Waals surface area contributed by atoms with Gasteiger partial charge in [0.15, 0.2) is 11.9 Å². The summed E-state index contributed by atoms with van der Waals surface area (Å²) in [6.45, 7) is 8.57. The van der Waals surface area contributed by atoms with Crippen LogP contribution in [0.3, 0.4) is 0 Å². The first-order valence-electron chi connectivity index (χ1n) is 5.79. The fraction of sp³-hybridized carbons (Fsp3) is 0.538. The highest BCUT2D eigenvalue weighted by Crippen LogP contribution is 1.98. The van der Waals surface area contributed by atoms with Gasteiger partial charge in [-0.25, -0.2) is 0 Å². The number of rotatable bonds is 4. The van der Waals surface area contributed by atoms with Gasteiger partial charge in [-0.05, 0) is 26.3 Å². The minimum Gasteiger partial charge on any atom is -0.348 e. The standard InChI is InChI=1S/C13H20N2O/c1-5-11(3)14-13(16)9-15-8-6-7-10(2)12(15)4/h6-8,11H,5,9H2,1-4H3/p+1/t11-/m0/s1. The molecule has 1 N–H and O–H groups in total. The number of hydrogen-bond donors (Lipinski definition) is 1. The number of pyridine rings is 1. The number of amides is 1. The minimum atomic E-state index is 0.0769. The lowest BCUT2D eigenvalue weighted by molar-refractivity contribution is -0.690. The summed E-state index contributed by atoms with van der Waals surface area (Å²) >= 11 is 0. The van der Waals surface area contributed by atoms with E-state index in [-0.39, 0.29) is 11.9 Å². The van der Waals surface area contributed by atoms with Crippen LogP contribution in [-0.4, -0.2) is 11.9 Å². The van der Waals surface area contributed by atoms with Crippen molar-refractivity contribution in [2.45, 2.75) is 46.7 Å². The van der Waals surface area contributed by atoms with Crippen LogP contribution in [0.4, 0.5) is 0 Å². The van der Waals surface area contributed by atoms with Crippen molar-refractivity contribution in [3.8, 4) is 0 Å². The van der Waals surface area contributed by atoms with Crippen LogP contribution >= 0.6 is 0 Å². The predicted molar refractivity (Wildman–Crippen MR) is 64.0 cm³/mol. The zero-order valence-corrected chi connectivity index (χ0v) is 10.6. The number of aromatic nitrogens is 1. The summed E-state index contributed by atoms with van der Waals surface area (Å²) in [5.41, 5.74) is 2.35. The normalized spacial score (nSPS) is 12.2. The van der Waals surface area contributed by atoms with Crippen LogP contribution in [0.1, 0.15) is 31.5 Å². The van der Waals surface area contributed by atoms with Gasteiger partial charge in [0.25, 0.3) is 5.91 Å². The Bertz CT molecular complexity index is 374. The smallest absolute Gasteiger partial charge is 0.286 e. The number of carbonyl (C=O) groups excluding carboxylic acids is 1. The predicted octanol–water partition coefficient (Wildman–Crippen LogP) is 1.51. The largest absolute Gasteiger partial charge is 0.348 e. The van der Waals surface area contributed by atoms with Crippen molar-refractivity contribution in [1.82, 2.24) is 5.32 Å². The molecule has 0 unspecified atom stereocenters. The molecule has 1 atom stereocenters. The Morgan fingerprint density at radius 3 is 2.81 bits per heavy atom. The van der Waals surface area contributed by atoms with E-state index in [2.05, 4.69) is 25.2 Å². The van der Waals surface area contributed by atoms with Gasteiger partial charge in [-0.3, -0.25) is 4.79 Å². The third-order valence-electron chi connectivity index (χ3n) is 2.95. The average molecular weight is 221 g/mol. The van der Waals surface area contributed by atoms with Gasteiger partial charge < -0.3 is 5.32 Å². The summed E-state index contributed by atoms with van der Waals surface area (Å²) in [5.74, 6) is 0.0769. The monoisotopic (exact) mass is 221 g/mol. The zero-order chi connectivity index (χ0) is 12.1. The zero-order valence-electron chi connectivity index (χ0n) is 10.6. The Morgan fingerprint density at radius 2 is 2.19 bits per heavy atom. The summed E-state index contributed by atoms with van der Waals surface area (Å²) in [6, 6.07) is 4.27. The van der Waals surface area contributed by atoms with Crippen LogP contribution in [0.15, 0.2) is 18.3 Å². The molecule has 0 aromatic carbocycles. The summed E-state index contributed by atoms with van der Waals surface area (Å²) < 4.78 is 1.98. The Kier molecular flexibility index (Phi) is 4.47. The van der Waals surface area contributed by atoms with Gasteiger partial charge in [0.2, 0.25) is 6.54 Å². The molecule has 0 fully saturated rings. The Morgan fingerprint density at radius 1 is 1.50 bits per heavy atom.